The van der Waals surface area contributed by atoms with Crippen molar-refractivity contribution in [2.75, 3.05) is 5.32 Å². The highest BCUT2D eigenvalue weighted by Crippen LogP contribution is 2.11. The van der Waals surface area contributed by atoms with Crippen molar-refractivity contribution in [3.8, 4) is 0 Å². The Labute approximate surface area is 88.8 Å². The molecule has 0 radical (unpaired) electrons. The summed E-state index contributed by atoms with van der Waals surface area (Å²) in [6.07, 6.45) is 4.40. The summed E-state index contributed by atoms with van der Waals surface area (Å²) in [6, 6.07) is 4.29. The molecule has 0 aliphatic rings. The first-order valence-electron chi connectivity index (χ1n) is 5.14. The molecule has 1 N–H and O–H groups in total. The molecule has 78 valence electrons. The molecule has 1 atom stereocenters. The fraction of sp³-hybridized carbons (Fsp3) is 0.364. The van der Waals surface area contributed by atoms with Gasteiger partial charge in [-0.25, -0.2) is 9.97 Å². The normalized spacial score (nSPS) is 12.7. The lowest BCUT2D eigenvalue weighted by molar-refractivity contribution is 0.760. The van der Waals surface area contributed by atoms with Gasteiger partial charge in [0.1, 0.15) is 11.3 Å². The number of hydrogen-bond donors (Lipinski definition) is 1. The number of fused-ring (bicyclic) bond motifs is 1. The lowest BCUT2D eigenvalue weighted by Gasteiger charge is -2.11. The summed E-state index contributed by atoms with van der Waals surface area (Å²) in [4.78, 5) is 12.7. The van der Waals surface area contributed by atoms with Crippen LogP contribution < -0.4 is 5.32 Å². The Morgan fingerprint density at radius 1 is 1.27 bits per heavy atom. The predicted molar refractivity (Wildman–Crippen MR) is 60.7 cm³/mol. The highest BCUT2D eigenvalue weighted by molar-refractivity contribution is 5.71. The van der Waals surface area contributed by atoms with Crippen LogP contribution in [0.5, 0.6) is 0 Å². The minimum absolute atomic E-state index is 0.423. The van der Waals surface area contributed by atoms with Gasteiger partial charge in [-0.05, 0) is 25.5 Å². The fourth-order valence-electron chi connectivity index (χ4n) is 1.29. The maximum absolute atomic E-state index is 4.38. The summed E-state index contributed by atoms with van der Waals surface area (Å²) in [5.41, 5.74) is 1.51. The van der Waals surface area contributed by atoms with Gasteiger partial charge in [0.15, 0.2) is 5.65 Å². The average Bonchev–Trinajstić information content (AvgIpc) is 2.29. The van der Waals surface area contributed by atoms with Crippen LogP contribution in [0.3, 0.4) is 0 Å². The maximum atomic E-state index is 4.38. The second kappa shape index (κ2) is 4.21. The first-order chi connectivity index (χ1) is 7.29. The first kappa shape index (κ1) is 9.83. The summed E-state index contributed by atoms with van der Waals surface area (Å²) in [7, 11) is 0. The topological polar surface area (TPSA) is 50.7 Å². The van der Waals surface area contributed by atoms with Crippen LogP contribution in [0.15, 0.2) is 24.5 Å². The number of anilines is 1. The van der Waals surface area contributed by atoms with Crippen LogP contribution in [0.25, 0.3) is 11.2 Å². The number of pyridine rings is 1. The molecule has 0 aliphatic carbocycles. The predicted octanol–water partition coefficient (Wildman–Crippen LogP) is 2.24. The van der Waals surface area contributed by atoms with Crippen molar-refractivity contribution in [1.29, 1.82) is 0 Å². The molecule has 0 spiro atoms. The zero-order chi connectivity index (χ0) is 10.7. The Kier molecular flexibility index (Phi) is 2.76. The van der Waals surface area contributed by atoms with Crippen molar-refractivity contribution >= 4 is 17.0 Å². The van der Waals surface area contributed by atoms with Gasteiger partial charge in [0.05, 0.1) is 0 Å². The van der Waals surface area contributed by atoms with Crippen molar-refractivity contribution in [2.24, 2.45) is 0 Å². The highest BCUT2D eigenvalue weighted by atomic mass is 15.0. The van der Waals surface area contributed by atoms with Crippen molar-refractivity contribution in [3.05, 3.63) is 24.5 Å². The van der Waals surface area contributed by atoms with Crippen LogP contribution >= 0.6 is 0 Å². The monoisotopic (exact) mass is 202 g/mol. The van der Waals surface area contributed by atoms with Crippen molar-refractivity contribution in [2.45, 2.75) is 26.3 Å². The largest absolute Gasteiger partial charge is 0.368 e. The molecule has 0 saturated carbocycles. The molecule has 0 amide bonds. The Bertz CT molecular complexity index is 455. The molecule has 2 aromatic heterocycles. The first-order valence-corrected chi connectivity index (χ1v) is 5.14. The van der Waals surface area contributed by atoms with Gasteiger partial charge in [-0.3, -0.25) is 4.98 Å². The quantitative estimate of drug-likeness (QED) is 0.829. The Balaban J connectivity index is 2.30. The molecular weight excluding hydrogens is 188 g/mol. The van der Waals surface area contributed by atoms with Gasteiger partial charge in [-0.15, -0.1) is 0 Å². The van der Waals surface area contributed by atoms with E-state index < -0.39 is 0 Å². The summed E-state index contributed by atoms with van der Waals surface area (Å²) >= 11 is 0. The summed E-state index contributed by atoms with van der Waals surface area (Å²) in [5, 5.41) is 3.30. The number of rotatable bonds is 3. The van der Waals surface area contributed by atoms with Gasteiger partial charge in [-0.1, -0.05) is 6.92 Å². The van der Waals surface area contributed by atoms with E-state index in [0.29, 0.717) is 11.7 Å². The van der Waals surface area contributed by atoms with E-state index in [1.54, 1.807) is 12.4 Å². The van der Waals surface area contributed by atoms with Gasteiger partial charge >= 0.3 is 0 Å². The molecule has 4 nitrogen and oxygen atoms in total. The Hall–Kier alpha value is -1.71. The second-order valence-electron chi connectivity index (χ2n) is 3.55. The highest BCUT2D eigenvalue weighted by Gasteiger charge is 2.02. The Morgan fingerprint density at radius 3 is 2.87 bits per heavy atom. The SMILES string of the molecule is CCC(C)Nc1ccc2nccnc2n1. The van der Waals surface area contributed by atoms with Crippen molar-refractivity contribution < 1.29 is 0 Å². The van der Waals surface area contributed by atoms with Gasteiger partial charge in [0, 0.05) is 18.4 Å². The fourth-order valence-corrected chi connectivity index (χ4v) is 1.29. The van der Waals surface area contributed by atoms with E-state index in [-0.39, 0.29) is 0 Å². The van der Waals surface area contributed by atoms with Crippen molar-refractivity contribution in [3.63, 3.8) is 0 Å². The summed E-state index contributed by atoms with van der Waals surface area (Å²) in [6.45, 7) is 4.26. The number of nitrogens with one attached hydrogen (secondary N) is 1. The van der Waals surface area contributed by atoms with E-state index in [2.05, 4.69) is 34.1 Å². The maximum Gasteiger partial charge on any atom is 0.180 e. The van der Waals surface area contributed by atoms with E-state index in [0.717, 1.165) is 17.8 Å². The minimum Gasteiger partial charge on any atom is -0.368 e. The summed E-state index contributed by atoms with van der Waals surface area (Å²) in [5.74, 6) is 0.859. The van der Waals surface area contributed by atoms with Crippen molar-refractivity contribution in [1.82, 2.24) is 15.0 Å². The molecule has 2 heterocycles. The van der Waals surface area contributed by atoms with E-state index in [1.807, 2.05) is 12.1 Å². The third-order valence-corrected chi connectivity index (χ3v) is 2.34. The van der Waals surface area contributed by atoms with E-state index in [1.165, 1.54) is 0 Å². The second-order valence-corrected chi connectivity index (χ2v) is 3.55. The molecule has 15 heavy (non-hydrogen) atoms. The smallest absolute Gasteiger partial charge is 0.180 e. The van der Waals surface area contributed by atoms with Gasteiger partial charge in [0.2, 0.25) is 0 Å². The molecule has 1 unspecified atom stereocenters. The van der Waals surface area contributed by atoms with Crippen LogP contribution in [0.2, 0.25) is 0 Å². The van der Waals surface area contributed by atoms with Crippen LogP contribution in [0.1, 0.15) is 20.3 Å². The zero-order valence-corrected chi connectivity index (χ0v) is 8.94. The molecule has 0 saturated heterocycles. The third kappa shape index (κ3) is 2.21. The lowest BCUT2D eigenvalue weighted by atomic mass is 10.2. The van der Waals surface area contributed by atoms with E-state index in [4.69, 9.17) is 0 Å². The number of aromatic nitrogens is 3. The number of hydrogen-bond acceptors (Lipinski definition) is 4. The van der Waals surface area contributed by atoms with E-state index in [9.17, 15) is 0 Å². The lowest BCUT2D eigenvalue weighted by Crippen LogP contribution is -2.14. The standard InChI is InChI=1S/C11H14N4/c1-3-8(2)14-10-5-4-9-11(15-10)13-7-6-12-9/h4-8H,3H2,1-2H3,(H,13,14,15). The molecular formula is C11H14N4. The molecule has 0 fully saturated rings. The third-order valence-electron chi connectivity index (χ3n) is 2.34. The summed E-state index contributed by atoms with van der Waals surface area (Å²) < 4.78 is 0. The van der Waals surface area contributed by atoms with Gasteiger partial charge in [-0.2, -0.15) is 0 Å². The molecule has 2 aromatic rings. The Morgan fingerprint density at radius 2 is 2.07 bits per heavy atom. The molecule has 2 rings (SSSR count). The molecule has 4 heteroatoms. The van der Waals surface area contributed by atoms with Crippen LogP contribution in [-0.4, -0.2) is 21.0 Å². The van der Waals surface area contributed by atoms with Crippen LogP contribution in [0.4, 0.5) is 5.82 Å². The van der Waals surface area contributed by atoms with Crippen LogP contribution in [0, 0.1) is 0 Å². The van der Waals surface area contributed by atoms with Crippen LogP contribution in [-0.2, 0) is 0 Å². The number of nitrogens with zero attached hydrogens (tertiary/aromatic N) is 3. The molecule has 0 aliphatic heterocycles. The minimum atomic E-state index is 0.423. The van der Waals surface area contributed by atoms with Gasteiger partial charge < -0.3 is 5.32 Å². The molecule has 0 bridgehead atoms. The molecule has 0 aromatic carbocycles. The zero-order valence-electron chi connectivity index (χ0n) is 8.94. The average molecular weight is 202 g/mol. The van der Waals surface area contributed by atoms with Gasteiger partial charge in [0.25, 0.3) is 0 Å². The van der Waals surface area contributed by atoms with E-state index >= 15 is 0 Å².